The lowest BCUT2D eigenvalue weighted by atomic mass is 10.0. The fourth-order valence-electron chi connectivity index (χ4n) is 2.30. The molecule has 1 aliphatic heterocycles. The lowest BCUT2D eigenvalue weighted by Crippen LogP contribution is -2.38. The molecule has 0 saturated carbocycles. The predicted molar refractivity (Wildman–Crippen MR) is 67.9 cm³/mol. The highest BCUT2D eigenvalue weighted by atomic mass is 35.5. The molecule has 0 radical (unpaired) electrons. The molecule has 106 valence electrons. The predicted octanol–water partition coefficient (Wildman–Crippen LogP) is 3.27. The van der Waals surface area contributed by atoms with Crippen LogP contribution in [0.5, 0.6) is 5.75 Å². The van der Waals surface area contributed by atoms with E-state index in [0.29, 0.717) is 13.2 Å². The van der Waals surface area contributed by atoms with Crippen LogP contribution in [0.2, 0.25) is 0 Å². The van der Waals surface area contributed by atoms with Gasteiger partial charge in [-0.2, -0.15) is 13.2 Å². The van der Waals surface area contributed by atoms with Gasteiger partial charge in [-0.05, 0) is 6.07 Å². The molecule has 1 unspecified atom stereocenters. The Balaban J connectivity index is 2.02. The van der Waals surface area contributed by atoms with Crippen LogP contribution < -0.4 is 4.74 Å². The number of fused-ring (bicyclic) bond motifs is 1. The van der Waals surface area contributed by atoms with Gasteiger partial charge >= 0.3 is 6.18 Å². The average molecular weight is 294 g/mol. The van der Waals surface area contributed by atoms with Crippen molar-refractivity contribution in [2.24, 2.45) is 0 Å². The highest BCUT2D eigenvalue weighted by Crippen LogP contribution is 2.34. The molecule has 0 saturated heterocycles. The van der Waals surface area contributed by atoms with Gasteiger partial charge in [-0.15, -0.1) is 11.6 Å². The molecule has 0 amide bonds. The molecule has 1 aromatic carbocycles. The van der Waals surface area contributed by atoms with Gasteiger partial charge < -0.3 is 4.74 Å². The van der Waals surface area contributed by atoms with E-state index in [0.717, 1.165) is 11.3 Å². The highest BCUT2D eigenvalue weighted by molar-refractivity contribution is 6.18. The largest absolute Gasteiger partial charge is 0.493 e. The van der Waals surface area contributed by atoms with Crippen LogP contribution in [0, 0.1) is 0 Å². The monoisotopic (exact) mass is 293 g/mol. The molecular weight excluding hydrogens is 279 g/mol. The van der Waals surface area contributed by atoms with Crippen LogP contribution in [0.1, 0.15) is 11.5 Å². The fraction of sp³-hybridized carbons (Fsp3) is 0.538. The Bertz CT molecular complexity index is 425. The summed E-state index contributed by atoms with van der Waals surface area (Å²) in [4.78, 5) is 1.34. The van der Waals surface area contributed by atoms with Crippen molar-refractivity contribution in [1.29, 1.82) is 0 Å². The second kappa shape index (κ2) is 6.01. The van der Waals surface area contributed by atoms with Gasteiger partial charge in [0.1, 0.15) is 5.75 Å². The van der Waals surface area contributed by atoms with Gasteiger partial charge in [0.05, 0.1) is 13.2 Å². The Labute approximate surface area is 115 Å². The number of benzene rings is 1. The topological polar surface area (TPSA) is 12.5 Å². The van der Waals surface area contributed by atoms with E-state index in [9.17, 15) is 13.2 Å². The minimum atomic E-state index is -4.20. The first-order chi connectivity index (χ1) is 8.99. The van der Waals surface area contributed by atoms with Gasteiger partial charge in [0.25, 0.3) is 0 Å². The van der Waals surface area contributed by atoms with Crippen molar-refractivity contribution in [3.05, 3.63) is 29.8 Å². The third-order valence-electron chi connectivity index (χ3n) is 3.08. The number of para-hydroxylation sites is 1. The van der Waals surface area contributed by atoms with E-state index in [2.05, 4.69) is 0 Å². The minimum absolute atomic E-state index is 0.0261. The van der Waals surface area contributed by atoms with Crippen LogP contribution in [-0.2, 0) is 0 Å². The van der Waals surface area contributed by atoms with Gasteiger partial charge in [-0.3, -0.25) is 4.90 Å². The lowest BCUT2D eigenvalue weighted by molar-refractivity contribution is -0.145. The number of hydrogen-bond donors (Lipinski definition) is 0. The molecule has 6 heteroatoms. The smallest absolute Gasteiger partial charge is 0.401 e. The number of halogens is 4. The first-order valence-electron chi connectivity index (χ1n) is 6.06. The van der Waals surface area contributed by atoms with E-state index in [1.165, 1.54) is 4.90 Å². The standard InChI is InChI=1S/C13H15ClF3NO/c14-5-6-18(9-13(15,16)17)7-10-8-19-12-4-2-1-3-11(10)12/h1-4,10H,5-9H2. The van der Waals surface area contributed by atoms with Crippen LogP contribution in [0.15, 0.2) is 24.3 Å². The van der Waals surface area contributed by atoms with Crippen molar-refractivity contribution in [2.45, 2.75) is 12.1 Å². The number of nitrogens with zero attached hydrogens (tertiary/aromatic N) is 1. The van der Waals surface area contributed by atoms with Gasteiger partial charge in [-0.25, -0.2) is 0 Å². The number of ether oxygens (including phenoxy) is 1. The zero-order chi connectivity index (χ0) is 13.9. The van der Waals surface area contributed by atoms with E-state index in [4.69, 9.17) is 16.3 Å². The van der Waals surface area contributed by atoms with Gasteiger partial charge in [0, 0.05) is 30.5 Å². The maximum absolute atomic E-state index is 12.5. The summed E-state index contributed by atoms with van der Waals surface area (Å²) < 4.78 is 42.9. The van der Waals surface area contributed by atoms with Crippen molar-refractivity contribution in [2.75, 3.05) is 32.1 Å². The van der Waals surface area contributed by atoms with Crippen LogP contribution >= 0.6 is 11.6 Å². The van der Waals surface area contributed by atoms with Gasteiger partial charge in [0.15, 0.2) is 0 Å². The minimum Gasteiger partial charge on any atom is -0.493 e. The SMILES string of the molecule is FC(F)(F)CN(CCCl)CC1COc2ccccc21. The van der Waals surface area contributed by atoms with Crippen LogP contribution in [0.25, 0.3) is 0 Å². The van der Waals surface area contributed by atoms with E-state index in [1.54, 1.807) is 0 Å². The van der Waals surface area contributed by atoms with Crippen LogP contribution in [-0.4, -0.2) is 43.2 Å². The summed E-state index contributed by atoms with van der Waals surface area (Å²) in [7, 11) is 0. The summed E-state index contributed by atoms with van der Waals surface area (Å²) in [6.07, 6.45) is -4.20. The normalized spacial score (nSPS) is 18.5. The Morgan fingerprint density at radius 3 is 2.74 bits per heavy atom. The Hall–Kier alpha value is -0.940. The van der Waals surface area contributed by atoms with Crippen molar-refractivity contribution < 1.29 is 17.9 Å². The molecule has 19 heavy (non-hydrogen) atoms. The molecular formula is C13H15ClF3NO. The number of rotatable bonds is 5. The molecule has 0 bridgehead atoms. The number of hydrogen-bond acceptors (Lipinski definition) is 2. The van der Waals surface area contributed by atoms with Crippen molar-refractivity contribution in [3.63, 3.8) is 0 Å². The van der Waals surface area contributed by atoms with Crippen molar-refractivity contribution >= 4 is 11.6 Å². The molecule has 2 rings (SSSR count). The molecule has 1 heterocycles. The third-order valence-corrected chi connectivity index (χ3v) is 3.25. The Morgan fingerprint density at radius 2 is 2.05 bits per heavy atom. The second-order valence-corrected chi connectivity index (χ2v) is 4.96. The quantitative estimate of drug-likeness (QED) is 0.773. The van der Waals surface area contributed by atoms with Gasteiger partial charge in [0.2, 0.25) is 0 Å². The summed E-state index contributed by atoms with van der Waals surface area (Å²) in [5.74, 6) is 0.929. The highest BCUT2D eigenvalue weighted by Gasteiger charge is 2.33. The molecule has 2 nitrogen and oxygen atoms in total. The molecule has 1 aromatic rings. The maximum Gasteiger partial charge on any atom is 0.401 e. The second-order valence-electron chi connectivity index (χ2n) is 4.59. The Morgan fingerprint density at radius 1 is 1.32 bits per heavy atom. The van der Waals surface area contributed by atoms with E-state index in [1.807, 2.05) is 24.3 Å². The summed E-state index contributed by atoms with van der Waals surface area (Å²) in [6.45, 7) is 0.0252. The lowest BCUT2D eigenvalue weighted by Gasteiger charge is -2.25. The molecule has 0 aliphatic carbocycles. The first-order valence-corrected chi connectivity index (χ1v) is 6.60. The van der Waals surface area contributed by atoms with E-state index < -0.39 is 12.7 Å². The average Bonchev–Trinajstić information content (AvgIpc) is 2.71. The third kappa shape index (κ3) is 4.01. The van der Waals surface area contributed by atoms with E-state index >= 15 is 0 Å². The summed E-state index contributed by atoms with van der Waals surface area (Å²) in [6, 6.07) is 7.47. The van der Waals surface area contributed by atoms with Crippen LogP contribution in [0.4, 0.5) is 13.2 Å². The maximum atomic E-state index is 12.5. The van der Waals surface area contributed by atoms with E-state index in [-0.39, 0.29) is 18.3 Å². The summed E-state index contributed by atoms with van der Waals surface area (Å²) in [5, 5.41) is 0. The zero-order valence-electron chi connectivity index (χ0n) is 10.3. The molecule has 0 fully saturated rings. The number of alkyl halides is 4. The zero-order valence-corrected chi connectivity index (χ0v) is 11.0. The molecule has 0 N–H and O–H groups in total. The Kier molecular flexibility index (Phi) is 4.58. The van der Waals surface area contributed by atoms with Crippen molar-refractivity contribution in [3.8, 4) is 5.75 Å². The summed E-state index contributed by atoms with van der Waals surface area (Å²) >= 11 is 5.57. The van der Waals surface area contributed by atoms with Crippen molar-refractivity contribution in [1.82, 2.24) is 4.90 Å². The van der Waals surface area contributed by atoms with Crippen LogP contribution in [0.3, 0.4) is 0 Å². The molecule has 0 spiro atoms. The molecule has 1 atom stereocenters. The first kappa shape index (κ1) is 14.5. The van der Waals surface area contributed by atoms with Gasteiger partial charge in [-0.1, -0.05) is 18.2 Å². The molecule has 0 aromatic heterocycles. The fourth-order valence-corrected chi connectivity index (χ4v) is 2.54. The molecule has 1 aliphatic rings. The summed E-state index contributed by atoms with van der Waals surface area (Å²) in [5.41, 5.74) is 0.976.